The minimum absolute atomic E-state index is 0.229. The largest absolute Gasteiger partial charge is 0.367 e. The number of nitrogens with one attached hydrogen (secondary N) is 1. The standard InChI is InChI=1S/C26H27FN4S/c1-17-23(20-10-12-21(27)13-11-20)24-25(29-18(2)30-26(24)32-17)28-16-22(31-14-6-7-15-31)19-8-4-3-5-9-19/h3-5,8-13,22H,6-7,14-16H2,1-2H3,(H,28,29,30). The fourth-order valence-electron chi connectivity index (χ4n) is 4.69. The van der Waals surface area contributed by atoms with Gasteiger partial charge in [-0.25, -0.2) is 14.4 Å². The predicted molar refractivity (Wildman–Crippen MR) is 131 cm³/mol. The van der Waals surface area contributed by atoms with E-state index < -0.39 is 0 Å². The van der Waals surface area contributed by atoms with Crippen LogP contribution in [0.25, 0.3) is 21.3 Å². The molecule has 0 bridgehead atoms. The summed E-state index contributed by atoms with van der Waals surface area (Å²) in [7, 11) is 0. The molecule has 1 aliphatic rings. The molecule has 32 heavy (non-hydrogen) atoms. The Morgan fingerprint density at radius 2 is 1.72 bits per heavy atom. The number of hydrogen-bond donors (Lipinski definition) is 1. The van der Waals surface area contributed by atoms with Gasteiger partial charge in [0.1, 0.15) is 22.3 Å². The van der Waals surface area contributed by atoms with Gasteiger partial charge in [0.15, 0.2) is 0 Å². The monoisotopic (exact) mass is 446 g/mol. The van der Waals surface area contributed by atoms with Gasteiger partial charge in [0.25, 0.3) is 0 Å². The van der Waals surface area contributed by atoms with Gasteiger partial charge < -0.3 is 5.32 Å². The summed E-state index contributed by atoms with van der Waals surface area (Å²) in [6.07, 6.45) is 2.50. The topological polar surface area (TPSA) is 41.1 Å². The van der Waals surface area contributed by atoms with Crippen molar-refractivity contribution in [3.8, 4) is 11.1 Å². The normalized spacial score (nSPS) is 15.3. The molecule has 4 nitrogen and oxygen atoms in total. The molecule has 1 N–H and O–H groups in total. The Morgan fingerprint density at radius 1 is 1.00 bits per heavy atom. The molecule has 4 aromatic rings. The van der Waals surface area contributed by atoms with Crippen LogP contribution in [0.3, 0.4) is 0 Å². The molecule has 1 atom stereocenters. The summed E-state index contributed by atoms with van der Waals surface area (Å²) in [4.78, 5) is 14.2. The highest BCUT2D eigenvalue weighted by Crippen LogP contribution is 2.41. The number of halogens is 1. The first-order valence-corrected chi connectivity index (χ1v) is 12.0. The second kappa shape index (κ2) is 8.96. The average molecular weight is 447 g/mol. The molecule has 0 amide bonds. The number of hydrogen-bond acceptors (Lipinski definition) is 5. The number of aromatic nitrogens is 2. The van der Waals surface area contributed by atoms with Crippen LogP contribution < -0.4 is 5.32 Å². The first kappa shape index (κ1) is 21.0. The molecule has 1 fully saturated rings. The SMILES string of the molecule is Cc1nc(NCC(c2ccccc2)N2CCCC2)c2c(-c3ccc(F)cc3)c(C)sc2n1. The van der Waals surface area contributed by atoms with Crippen LogP contribution in [0, 0.1) is 19.7 Å². The summed E-state index contributed by atoms with van der Waals surface area (Å²) in [5.41, 5.74) is 3.40. The number of nitrogens with zero attached hydrogens (tertiary/aromatic N) is 3. The molecule has 0 aliphatic carbocycles. The quantitative estimate of drug-likeness (QED) is 0.374. The number of fused-ring (bicyclic) bond motifs is 1. The van der Waals surface area contributed by atoms with Gasteiger partial charge in [0.2, 0.25) is 0 Å². The maximum absolute atomic E-state index is 13.6. The molecule has 164 valence electrons. The number of benzene rings is 2. The highest BCUT2D eigenvalue weighted by atomic mass is 32.1. The summed E-state index contributed by atoms with van der Waals surface area (Å²) >= 11 is 1.67. The Labute approximate surface area is 192 Å². The highest BCUT2D eigenvalue weighted by molar-refractivity contribution is 7.19. The molecule has 0 spiro atoms. The van der Waals surface area contributed by atoms with E-state index in [-0.39, 0.29) is 11.9 Å². The van der Waals surface area contributed by atoms with Crippen LogP contribution in [0.5, 0.6) is 0 Å². The zero-order valence-corrected chi connectivity index (χ0v) is 19.3. The van der Waals surface area contributed by atoms with Gasteiger partial charge in [-0.2, -0.15) is 0 Å². The number of likely N-dealkylation sites (tertiary alicyclic amines) is 1. The lowest BCUT2D eigenvalue weighted by molar-refractivity contribution is 0.256. The van der Waals surface area contributed by atoms with Gasteiger partial charge in [0.05, 0.1) is 11.4 Å². The molecule has 2 aromatic carbocycles. The minimum atomic E-state index is -0.229. The summed E-state index contributed by atoms with van der Waals surface area (Å²) in [6, 6.07) is 17.7. The molecule has 2 aromatic heterocycles. The number of anilines is 1. The van der Waals surface area contributed by atoms with Crippen LogP contribution in [0.15, 0.2) is 54.6 Å². The lowest BCUT2D eigenvalue weighted by Gasteiger charge is -2.28. The maximum Gasteiger partial charge on any atom is 0.139 e. The van der Waals surface area contributed by atoms with E-state index in [0.29, 0.717) is 0 Å². The van der Waals surface area contributed by atoms with Gasteiger partial charge in [-0.05, 0) is 63.0 Å². The predicted octanol–water partition coefficient (Wildman–Crippen LogP) is 6.36. The van der Waals surface area contributed by atoms with Crippen molar-refractivity contribution in [2.75, 3.05) is 25.0 Å². The molecule has 3 heterocycles. The van der Waals surface area contributed by atoms with E-state index in [0.717, 1.165) is 57.5 Å². The van der Waals surface area contributed by atoms with Crippen LogP contribution in [0.2, 0.25) is 0 Å². The molecule has 1 saturated heterocycles. The van der Waals surface area contributed by atoms with Gasteiger partial charge >= 0.3 is 0 Å². The second-order valence-electron chi connectivity index (χ2n) is 8.39. The van der Waals surface area contributed by atoms with Crippen molar-refractivity contribution < 1.29 is 4.39 Å². The fraction of sp³-hybridized carbons (Fsp3) is 0.308. The van der Waals surface area contributed by atoms with E-state index in [4.69, 9.17) is 9.97 Å². The van der Waals surface area contributed by atoms with Crippen molar-refractivity contribution in [3.63, 3.8) is 0 Å². The van der Waals surface area contributed by atoms with Crippen LogP contribution >= 0.6 is 11.3 Å². The average Bonchev–Trinajstić information content (AvgIpc) is 3.43. The van der Waals surface area contributed by atoms with Crippen LogP contribution in [0.1, 0.15) is 35.1 Å². The van der Waals surface area contributed by atoms with Crippen molar-refractivity contribution >= 4 is 27.4 Å². The summed E-state index contributed by atoms with van der Waals surface area (Å²) < 4.78 is 13.6. The number of rotatable bonds is 6. The van der Waals surface area contributed by atoms with Gasteiger partial charge in [-0.1, -0.05) is 42.5 Å². The maximum atomic E-state index is 13.6. The second-order valence-corrected chi connectivity index (χ2v) is 9.59. The van der Waals surface area contributed by atoms with Gasteiger partial charge in [-0.15, -0.1) is 11.3 Å². The Balaban J connectivity index is 1.54. The zero-order chi connectivity index (χ0) is 22.1. The lowest BCUT2D eigenvalue weighted by atomic mass is 10.0. The van der Waals surface area contributed by atoms with Crippen LogP contribution in [0.4, 0.5) is 10.2 Å². The molecule has 5 rings (SSSR count). The molecular formula is C26H27FN4S. The Morgan fingerprint density at radius 3 is 2.44 bits per heavy atom. The van der Waals surface area contributed by atoms with Crippen molar-refractivity contribution in [1.82, 2.24) is 14.9 Å². The Bertz CT molecular complexity index is 1210. The van der Waals surface area contributed by atoms with Gasteiger partial charge in [-0.3, -0.25) is 4.90 Å². The Hall–Kier alpha value is -2.83. The first-order valence-electron chi connectivity index (χ1n) is 11.2. The third-order valence-electron chi connectivity index (χ3n) is 6.20. The van der Waals surface area contributed by atoms with Gasteiger partial charge in [0, 0.05) is 17.0 Å². The van der Waals surface area contributed by atoms with E-state index in [2.05, 4.69) is 47.5 Å². The van der Waals surface area contributed by atoms with Crippen LogP contribution in [-0.2, 0) is 0 Å². The van der Waals surface area contributed by atoms with Crippen molar-refractivity contribution in [2.24, 2.45) is 0 Å². The third-order valence-corrected chi connectivity index (χ3v) is 7.20. The van der Waals surface area contributed by atoms with Crippen molar-refractivity contribution in [3.05, 3.63) is 76.7 Å². The third kappa shape index (κ3) is 4.12. The molecule has 1 aliphatic heterocycles. The molecule has 0 radical (unpaired) electrons. The Kier molecular flexibility index (Phi) is 5.89. The van der Waals surface area contributed by atoms with E-state index in [1.807, 2.05) is 19.1 Å². The fourth-order valence-corrected chi connectivity index (χ4v) is 5.78. The van der Waals surface area contributed by atoms with Crippen molar-refractivity contribution in [2.45, 2.75) is 32.7 Å². The molecular weight excluding hydrogens is 419 g/mol. The lowest BCUT2D eigenvalue weighted by Crippen LogP contribution is -2.31. The van der Waals surface area contributed by atoms with E-state index in [9.17, 15) is 4.39 Å². The number of aryl methyl sites for hydroxylation is 2. The van der Waals surface area contributed by atoms with E-state index >= 15 is 0 Å². The summed E-state index contributed by atoms with van der Waals surface area (Å²) in [5, 5.41) is 4.70. The molecule has 0 saturated carbocycles. The smallest absolute Gasteiger partial charge is 0.139 e. The van der Waals surface area contributed by atoms with E-state index in [1.54, 1.807) is 11.3 Å². The summed E-state index contributed by atoms with van der Waals surface area (Å²) in [6.45, 7) is 7.05. The van der Waals surface area contributed by atoms with E-state index in [1.165, 1.54) is 30.5 Å². The summed E-state index contributed by atoms with van der Waals surface area (Å²) in [5.74, 6) is 1.38. The number of thiophene rings is 1. The zero-order valence-electron chi connectivity index (χ0n) is 18.4. The first-order chi connectivity index (χ1) is 15.6. The molecule has 1 unspecified atom stereocenters. The molecule has 6 heteroatoms. The van der Waals surface area contributed by atoms with Crippen molar-refractivity contribution in [1.29, 1.82) is 0 Å². The van der Waals surface area contributed by atoms with Crippen LogP contribution in [-0.4, -0.2) is 34.5 Å². The minimum Gasteiger partial charge on any atom is -0.367 e. The highest BCUT2D eigenvalue weighted by Gasteiger charge is 2.24.